The molecule has 0 amide bonds. The molecule has 0 spiro atoms. The summed E-state index contributed by atoms with van der Waals surface area (Å²) in [5.41, 5.74) is 0. The second-order valence-corrected chi connectivity index (χ2v) is 4.41. The Morgan fingerprint density at radius 2 is 2.00 bits per heavy atom. The second-order valence-electron chi connectivity index (χ2n) is 4.41. The van der Waals surface area contributed by atoms with Gasteiger partial charge >= 0.3 is 0 Å². The number of nitrogens with one attached hydrogen (secondary N) is 1. The molecular formula is C13H17F2NO. The standard InChI is InChI=1S/C13H17F2NO/c1-16-11-4-2-3-5-13(11)17-12-7-6-9(14)8-10(12)15/h6-8,11,13,16H,2-5H2,1H3. The lowest BCUT2D eigenvalue weighted by atomic mass is 9.92. The summed E-state index contributed by atoms with van der Waals surface area (Å²) in [5.74, 6) is -1.08. The van der Waals surface area contributed by atoms with Crippen molar-refractivity contribution in [3.8, 4) is 5.75 Å². The van der Waals surface area contributed by atoms with Gasteiger partial charge in [0.2, 0.25) is 0 Å². The van der Waals surface area contributed by atoms with Crippen molar-refractivity contribution in [3.05, 3.63) is 29.8 Å². The molecule has 4 heteroatoms. The van der Waals surface area contributed by atoms with Gasteiger partial charge < -0.3 is 10.1 Å². The molecule has 1 fully saturated rings. The molecule has 1 saturated carbocycles. The highest BCUT2D eigenvalue weighted by Crippen LogP contribution is 2.25. The van der Waals surface area contributed by atoms with E-state index >= 15 is 0 Å². The lowest BCUT2D eigenvalue weighted by Gasteiger charge is -2.31. The second kappa shape index (κ2) is 5.45. The maximum Gasteiger partial charge on any atom is 0.167 e. The monoisotopic (exact) mass is 241 g/mol. The predicted molar refractivity (Wildman–Crippen MR) is 62.1 cm³/mol. The van der Waals surface area contributed by atoms with Gasteiger partial charge in [0.15, 0.2) is 11.6 Å². The van der Waals surface area contributed by atoms with Gasteiger partial charge in [0.1, 0.15) is 11.9 Å². The zero-order valence-corrected chi connectivity index (χ0v) is 9.88. The molecule has 1 N–H and O–H groups in total. The number of ether oxygens (including phenoxy) is 1. The Labute approximate surface area is 100.0 Å². The van der Waals surface area contributed by atoms with Gasteiger partial charge in [-0.15, -0.1) is 0 Å². The van der Waals surface area contributed by atoms with Crippen LogP contribution in [-0.2, 0) is 0 Å². The molecule has 2 atom stereocenters. The molecule has 1 aromatic rings. The third-order valence-electron chi connectivity index (χ3n) is 3.25. The molecule has 2 rings (SSSR count). The van der Waals surface area contributed by atoms with E-state index < -0.39 is 11.6 Å². The van der Waals surface area contributed by atoms with Crippen LogP contribution in [0.1, 0.15) is 25.7 Å². The molecule has 94 valence electrons. The Morgan fingerprint density at radius 1 is 1.24 bits per heavy atom. The first-order chi connectivity index (χ1) is 8.20. The molecule has 0 aromatic heterocycles. The first-order valence-electron chi connectivity index (χ1n) is 5.99. The molecule has 1 aliphatic carbocycles. The van der Waals surface area contributed by atoms with Crippen molar-refractivity contribution < 1.29 is 13.5 Å². The summed E-state index contributed by atoms with van der Waals surface area (Å²) in [6.45, 7) is 0. The fourth-order valence-corrected chi connectivity index (χ4v) is 2.30. The summed E-state index contributed by atoms with van der Waals surface area (Å²) in [6, 6.07) is 3.67. The van der Waals surface area contributed by atoms with Crippen LogP contribution in [0.4, 0.5) is 8.78 Å². The molecule has 2 nitrogen and oxygen atoms in total. The zero-order valence-electron chi connectivity index (χ0n) is 9.88. The Bertz CT molecular complexity index is 384. The Morgan fingerprint density at radius 3 is 2.71 bits per heavy atom. The summed E-state index contributed by atoms with van der Waals surface area (Å²) in [6.07, 6.45) is 4.16. The highest BCUT2D eigenvalue weighted by molar-refractivity contribution is 5.25. The number of halogens is 2. The highest BCUT2D eigenvalue weighted by Gasteiger charge is 2.26. The Kier molecular flexibility index (Phi) is 3.94. The van der Waals surface area contributed by atoms with Gasteiger partial charge in [-0.1, -0.05) is 6.42 Å². The minimum Gasteiger partial charge on any atom is -0.486 e. The highest BCUT2D eigenvalue weighted by atomic mass is 19.1. The van der Waals surface area contributed by atoms with E-state index in [1.807, 2.05) is 7.05 Å². The molecule has 2 unspecified atom stereocenters. The summed E-state index contributed by atoms with van der Waals surface area (Å²) < 4.78 is 31.9. The van der Waals surface area contributed by atoms with Gasteiger partial charge in [0.25, 0.3) is 0 Å². The largest absolute Gasteiger partial charge is 0.486 e. The quantitative estimate of drug-likeness (QED) is 0.878. The average Bonchev–Trinajstić information content (AvgIpc) is 2.33. The van der Waals surface area contributed by atoms with E-state index in [-0.39, 0.29) is 17.9 Å². The lowest BCUT2D eigenvalue weighted by molar-refractivity contribution is 0.113. The van der Waals surface area contributed by atoms with Crippen molar-refractivity contribution in [2.45, 2.75) is 37.8 Å². The van der Waals surface area contributed by atoms with E-state index in [0.717, 1.165) is 31.7 Å². The van der Waals surface area contributed by atoms with Crippen LogP contribution in [0.2, 0.25) is 0 Å². The minimum atomic E-state index is -0.634. The Balaban J connectivity index is 2.08. The van der Waals surface area contributed by atoms with Gasteiger partial charge in [0, 0.05) is 12.1 Å². The van der Waals surface area contributed by atoms with Gasteiger partial charge in [0.05, 0.1) is 0 Å². The van der Waals surface area contributed by atoms with Crippen LogP contribution in [-0.4, -0.2) is 19.2 Å². The third-order valence-corrected chi connectivity index (χ3v) is 3.25. The van der Waals surface area contributed by atoms with Crippen LogP contribution in [0.15, 0.2) is 18.2 Å². The predicted octanol–water partition coefficient (Wildman–Crippen LogP) is 2.87. The normalized spacial score (nSPS) is 24.6. The molecule has 0 aliphatic heterocycles. The topological polar surface area (TPSA) is 21.3 Å². The van der Waals surface area contributed by atoms with E-state index in [4.69, 9.17) is 4.74 Å². The number of hydrogen-bond donors (Lipinski definition) is 1. The Hall–Kier alpha value is -1.16. The number of likely N-dealkylation sites (N-methyl/N-ethyl adjacent to an activating group) is 1. The molecule has 0 bridgehead atoms. The summed E-state index contributed by atoms with van der Waals surface area (Å²) >= 11 is 0. The van der Waals surface area contributed by atoms with Crippen LogP contribution in [0.3, 0.4) is 0 Å². The smallest absolute Gasteiger partial charge is 0.167 e. The van der Waals surface area contributed by atoms with E-state index in [0.29, 0.717) is 0 Å². The summed E-state index contributed by atoms with van der Waals surface area (Å²) in [4.78, 5) is 0. The third kappa shape index (κ3) is 2.94. The van der Waals surface area contributed by atoms with Gasteiger partial charge in [-0.3, -0.25) is 0 Å². The van der Waals surface area contributed by atoms with E-state index in [9.17, 15) is 8.78 Å². The van der Waals surface area contributed by atoms with Crippen molar-refractivity contribution in [2.75, 3.05) is 7.05 Å². The van der Waals surface area contributed by atoms with Crippen LogP contribution in [0, 0.1) is 11.6 Å². The van der Waals surface area contributed by atoms with Crippen LogP contribution < -0.4 is 10.1 Å². The number of rotatable bonds is 3. The van der Waals surface area contributed by atoms with E-state index in [1.165, 1.54) is 12.1 Å². The maximum absolute atomic E-state index is 13.5. The fourth-order valence-electron chi connectivity index (χ4n) is 2.30. The minimum absolute atomic E-state index is 0.0336. The SMILES string of the molecule is CNC1CCCCC1Oc1ccc(F)cc1F. The molecular weight excluding hydrogens is 224 g/mol. The molecule has 0 saturated heterocycles. The first-order valence-corrected chi connectivity index (χ1v) is 5.99. The lowest BCUT2D eigenvalue weighted by Crippen LogP contribution is -2.43. The van der Waals surface area contributed by atoms with Crippen molar-refractivity contribution in [1.82, 2.24) is 5.32 Å². The summed E-state index contributed by atoms with van der Waals surface area (Å²) in [7, 11) is 1.88. The van der Waals surface area contributed by atoms with E-state index in [2.05, 4.69) is 5.32 Å². The number of hydrogen-bond acceptors (Lipinski definition) is 2. The molecule has 0 radical (unpaired) electrons. The zero-order chi connectivity index (χ0) is 12.3. The van der Waals surface area contributed by atoms with Crippen molar-refractivity contribution in [2.24, 2.45) is 0 Å². The fraction of sp³-hybridized carbons (Fsp3) is 0.538. The number of benzene rings is 1. The van der Waals surface area contributed by atoms with Gasteiger partial charge in [-0.05, 0) is 38.4 Å². The molecule has 0 heterocycles. The van der Waals surface area contributed by atoms with E-state index in [1.54, 1.807) is 0 Å². The maximum atomic E-state index is 13.5. The van der Waals surface area contributed by atoms with Crippen LogP contribution in [0.5, 0.6) is 5.75 Å². The molecule has 17 heavy (non-hydrogen) atoms. The molecule has 1 aliphatic rings. The summed E-state index contributed by atoms with van der Waals surface area (Å²) in [5, 5.41) is 3.18. The van der Waals surface area contributed by atoms with Gasteiger partial charge in [-0.25, -0.2) is 8.78 Å². The van der Waals surface area contributed by atoms with Gasteiger partial charge in [-0.2, -0.15) is 0 Å². The average molecular weight is 241 g/mol. The van der Waals surface area contributed by atoms with Crippen molar-refractivity contribution in [1.29, 1.82) is 0 Å². The molecule has 1 aromatic carbocycles. The van der Waals surface area contributed by atoms with Crippen molar-refractivity contribution >= 4 is 0 Å². The first kappa shape index (κ1) is 12.3. The van der Waals surface area contributed by atoms with Crippen molar-refractivity contribution in [3.63, 3.8) is 0 Å². The van der Waals surface area contributed by atoms with Crippen LogP contribution >= 0.6 is 0 Å². The van der Waals surface area contributed by atoms with Crippen LogP contribution in [0.25, 0.3) is 0 Å².